The van der Waals surface area contributed by atoms with Crippen LogP contribution in [0.2, 0.25) is 0 Å². The van der Waals surface area contributed by atoms with Crippen molar-refractivity contribution in [3.63, 3.8) is 0 Å². The van der Waals surface area contributed by atoms with Crippen molar-refractivity contribution in [2.24, 2.45) is 0 Å². The van der Waals surface area contributed by atoms with Gasteiger partial charge >= 0.3 is 10.2 Å². The lowest BCUT2D eigenvalue weighted by atomic mass is 10.3. The van der Waals surface area contributed by atoms with Crippen molar-refractivity contribution < 1.29 is 22.3 Å². The highest BCUT2D eigenvalue weighted by Crippen LogP contribution is 2.23. The number of ether oxygens (including phenoxy) is 1. The Labute approximate surface area is 164 Å². The fourth-order valence-electron chi connectivity index (χ4n) is 2.29. The predicted molar refractivity (Wildman–Crippen MR) is 107 cm³/mol. The van der Waals surface area contributed by atoms with Gasteiger partial charge in [-0.25, -0.2) is 8.70 Å². The van der Waals surface area contributed by atoms with Gasteiger partial charge in [-0.2, -0.15) is 12.7 Å². The maximum Gasteiger partial charge on any atom is 0.304 e. The topological polar surface area (TPSA) is 79.0 Å². The number of amides is 1. The normalized spacial score (nSPS) is 11.1. The number of hydrogen-bond acceptors (Lipinski definition) is 4. The number of benzene rings is 2. The van der Waals surface area contributed by atoms with Crippen LogP contribution in [0.5, 0.6) is 5.75 Å². The summed E-state index contributed by atoms with van der Waals surface area (Å²) in [6.45, 7) is 3.27. The molecule has 1 N–H and O–H groups in total. The van der Waals surface area contributed by atoms with Crippen LogP contribution in [-0.4, -0.2) is 45.9 Å². The Bertz CT molecular complexity index is 948. The fourth-order valence-corrected chi connectivity index (χ4v) is 3.36. The summed E-state index contributed by atoms with van der Waals surface area (Å²) in [6.07, 6.45) is 1.59. The molecular weight excluding hydrogens is 385 g/mol. The molecule has 0 saturated heterocycles. The summed E-state index contributed by atoms with van der Waals surface area (Å²) >= 11 is 0. The van der Waals surface area contributed by atoms with E-state index in [9.17, 15) is 17.6 Å². The summed E-state index contributed by atoms with van der Waals surface area (Å²) in [6, 6.07) is 12.0. The first-order chi connectivity index (χ1) is 13.3. The molecule has 2 rings (SSSR count). The smallest absolute Gasteiger partial charge is 0.304 e. The van der Waals surface area contributed by atoms with Crippen molar-refractivity contribution in [1.82, 2.24) is 4.31 Å². The van der Waals surface area contributed by atoms with E-state index in [2.05, 4.69) is 11.9 Å². The Balaban J connectivity index is 2.24. The van der Waals surface area contributed by atoms with Crippen LogP contribution in [0.3, 0.4) is 0 Å². The molecule has 0 aliphatic heterocycles. The van der Waals surface area contributed by atoms with E-state index in [0.29, 0.717) is 18.0 Å². The summed E-state index contributed by atoms with van der Waals surface area (Å²) in [4.78, 5) is 12.5. The van der Waals surface area contributed by atoms with Crippen molar-refractivity contribution in [3.8, 4) is 5.75 Å². The van der Waals surface area contributed by atoms with E-state index in [1.807, 2.05) is 0 Å². The predicted octanol–water partition coefficient (Wildman–Crippen LogP) is 2.64. The molecule has 0 saturated carbocycles. The third-order valence-corrected chi connectivity index (χ3v) is 5.44. The first kappa shape index (κ1) is 21.4. The van der Waals surface area contributed by atoms with Crippen LogP contribution in [0.4, 0.5) is 15.8 Å². The van der Waals surface area contributed by atoms with Gasteiger partial charge in [0.25, 0.3) is 0 Å². The van der Waals surface area contributed by atoms with E-state index in [4.69, 9.17) is 4.74 Å². The molecule has 0 aliphatic carbocycles. The van der Waals surface area contributed by atoms with Crippen LogP contribution in [-0.2, 0) is 15.0 Å². The molecule has 0 radical (unpaired) electrons. The summed E-state index contributed by atoms with van der Waals surface area (Å²) in [7, 11) is -1.48. The quantitative estimate of drug-likeness (QED) is 0.648. The summed E-state index contributed by atoms with van der Waals surface area (Å²) in [5, 5.41) is 2.60. The largest absolute Gasteiger partial charge is 0.489 e. The molecule has 0 spiro atoms. The molecule has 0 atom stereocenters. The van der Waals surface area contributed by atoms with Gasteiger partial charge in [0.1, 0.15) is 24.7 Å². The molecule has 0 unspecified atom stereocenters. The molecule has 0 fully saturated rings. The van der Waals surface area contributed by atoms with Crippen LogP contribution in [0.25, 0.3) is 0 Å². The minimum absolute atomic E-state index is 0.214. The number of anilines is 2. The standard InChI is InChI=1S/C19H22FN3O4S/c1-4-12-27-16-9-7-8-15(13-16)21-19(24)14-23(28(25,26)22(2)3)18-11-6-5-10-17(18)20/h4-11,13H,1,12,14H2,2-3H3,(H,21,24). The highest BCUT2D eigenvalue weighted by atomic mass is 32.2. The van der Waals surface area contributed by atoms with Gasteiger partial charge in [0.15, 0.2) is 0 Å². The van der Waals surface area contributed by atoms with Gasteiger partial charge in [-0.3, -0.25) is 4.79 Å². The summed E-state index contributed by atoms with van der Waals surface area (Å²) < 4.78 is 46.5. The Hall–Kier alpha value is -2.91. The molecule has 0 heterocycles. The lowest BCUT2D eigenvalue weighted by Gasteiger charge is -2.27. The summed E-state index contributed by atoms with van der Waals surface area (Å²) in [5.74, 6) is -0.861. The minimum Gasteiger partial charge on any atom is -0.489 e. The summed E-state index contributed by atoms with van der Waals surface area (Å²) in [5.41, 5.74) is 0.205. The van der Waals surface area contributed by atoms with E-state index in [-0.39, 0.29) is 5.69 Å². The van der Waals surface area contributed by atoms with Gasteiger partial charge in [0.05, 0.1) is 5.69 Å². The van der Waals surface area contributed by atoms with E-state index in [1.165, 1.54) is 32.3 Å². The van der Waals surface area contributed by atoms with Gasteiger partial charge in [-0.15, -0.1) is 0 Å². The number of nitrogens with one attached hydrogen (secondary N) is 1. The third kappa shape index (κ3) is 5.30. The Morgan fingerprint density at radius 3 is 2.57 bits per heavy atom. The second-order valence-corrected chi connectivity index (χ2v) is 7.99. The lowest BCUT2D eigenvalue weighted by molar-refractivity contribution is -0.114. The molecule has 2 aromatic carbocycles. The SMILES string of the molecule is C=CCOc1cccc(NC(=O)CN(c2ccccc2F)S(=O)(=O)N(C)C)c1. The van der Waals surface area contributed by atoms with Crippen LogP contribution in [0.15, 0.2) is 61.2 Å². The van der Waals surface area contributed by atoms with Crippen molar-refractivity contribution >= 4 is 27.5 Å². The first-order valence-electron chi connectivity index (χ1n) is 8.34. The van der Waals surface area contributed by atoms with Crippen LogP contribution in [0.1, 0.15) is 0 Å². The molecule has 28 heavy (non-hydrogen) atoms. The first-order valence-corrected chi connectivity index (χ1v) is 9.73. The van der Waals surface area contributed by atoms with E-state index in [1.54, 1.807) is 30.3 Å². The van der Waals surface area contributed by atoms with Crippen molar-refractivity contribution in [2.75, 3.05) is 36.9 Å². The molecule has 7 nitrogen and oxygen atoms in total. The second-order valence-electron chi connectivity index (χ2n) is 5.92. The van der Waals surface area contributed by atoms with E-state index in [0.717, 1.165) is 14.7 Å². The molecule has 150 valence electrons. The monoisotopic (exact) mass is 407 g/mol. The maximum atomic E-state index is 14.2. The van der Waals surface area contributed by atoms with Gasteiger partial charge in [0.2, 0.25) is 5.91 Å². The molecule has 2 aromatic rings. The number of hydrogen-bond donors (Lipinski definition) is 1. The average Bonchev–Trinajstić information content (AvgIpc) is 2.65. The fraction of sp³-hybridized carbons (Fsp3) is 0.211. The molecule has 0 aromatic heterocycles. The van der Waals surface area contributed by atoms with Crippen molar-refractivity contribution in [3.05, 3.63) is 67.0 Å². The third-order valence-electron chi connectivity index (χ3n) is 3.63. The minimum atomic E-state index is -4.09. The maximum absolute atomic E-state index is 14.2. The molecule has 1 amide bonds. The van der Waals surface area contributed by atoms with Gasteiger partial charge in [-0.1, -0.05) is 30.9 Å². The van der Waals surface area contributed by atoms with Gasteiger partial charge in [0, 0.05) is 25.8 Å². The zero-order valence-electron chi connectivity index (χ0n) is 15.6. The number of nitrogens with zero attached hydrogens (tertiary/aromatic N) is 2. The van der Waals surface area contributed by atoms with Crippen LogP contribution < -0.4 is 14.4 Å². The number of carbonyl (C=O) groups excluding carboxylic acids is 1. The van der Waals surface area contributed by atoms with E-state index < -0.39 is 28.5 Å². The molecular formula is C19H22FN3O4S. The Kier molecular flexibility index (Phi) is 7.13. The zero-order valence-corrected chi connectivity index (χ0v) is 16.4. The highest BCUT2D eigenvalue weighted by molar-refractivity contribution is 7.90. The number of carbonyl (C=O) groups is 1. The van der Waals surface area contributed by atoms with Crippen LogP contribution >= 0.6 is 0 Å². The molecule has 9 heteroatoms. The number of rotatable bonds is 9. The second kappa shape index (κ2) is 9.34. The Morgan fingerprint density at radius 2 is 1.93 bits per heavy atom. The van der Waals surface area contributed by atoms with Gasteiger partial charge in [-0.05, 0) is 24.3 Å². The van der Waals surface area contributed by atoms with E-state index >= 15 is 0 Å². The molecule has 0 bridgehead atoms. The number of para-hydroxylation sites is 1. The Morgan fingerprint density at radius 1 is 1.21 bits per heavy atom. The lowest BCUT2D eigenvalue weighted by Crippen LogP contribution is -2.44. The van der Waals surface area contributed by atoms with Crippen molar-refractivity contribution in [2.45, 2.75) is 0 Å². The average molecular weight is 407 g/mol. The molecule has 0 aliphatic rings. The van der Waals surface area contributed by atoms with Gasteiger partial charge < -0.3 is 10.1 Å². The van der Waals surface area contributed by atoms with Crippen LogP contribution in [0, 0.1) is 5.82 Å². The number of halogens is 1. The van der Waals surface area contributed by atoms with Crippen molar-refractivity contribution in [1.29, 1.82) is 0 Å². The zero-order chi connectivity index (χ0) is 20.7. The highest BCUT2D eigenvalue weighted by Gasteiger charge is 2.29.